The maximum atomic E-state index is 11.3. The van der Waals surface area contributed by atoms with E-state index in [0.717, 1.165) is 31.7 Å². The van der Waals surface area contributed by atoms with Crippen LogP contribution in [0.1, 0.15) is 43.6 Å². The molecule has 5 heteroatoms. The highest BCUT2D eigenvalue weighted by Crippen LogP contribution is 2.36. The van der Waals surface area contributed by atoms with Gasteiger partial charge in [0.25, 0.3) is 10.1 Å². The van der Waals surface area contributed by atoms with E-state index in [9.17, 15) is 18.1 Å². The lowest BCUT2D eigenvalue weighted by molar-refractivity contribution is 0.430. The fourth-order valence-corrected chi connectivity index (χ4v) is 3.30. The van der Waals surface area contributed by atoms with Gasteiger partial charge in [-0.15, -0.1) is 0 Å². The first kappa shape index (κ1) is 12.4. The Kier molecular flexibility index (Phi) is 3.40. The number of benzene rings is 1. The zero-order valence-electron chi connectivity index (χ0n) is 9.46. The molecule has 1 aliphatic carbocycles. The smallest absolute Gasteiger partial charge is 0.294 e. The summed E-state index contributed by atoms with van der Waals surface area (Å²) in [5, 5.41) is 9.32. The Morgan fingerprint density at radius 3 is 2.35 bits per heavy atom. The van der Waals surface area contributed by atoms with Crippen LogP contribution in [0.4, 0.5) is 0 Å². The lowest BCUT2D eigenvalue weighted by Gasteiger charge is -2.23. The Labute approximate surface area is 101 Å². The third-order valence-corrected chi connectivity index (χ3v) is 4.23. The van der Waals surface area contributed by atoms with Gasteiger partial charge in [0.1, 0.15) is 10.6 Å². The molecule has 0 radical (unpaired) electrons. The first-order valence-corrected chi connectivity index (χ1v) is 7.23. The van der Waals surface area contributed by atoms with Gasteiger partial charge in [-0.3, -0.25) is 4.55 Å². The Bertz CT molecular complexity index is 501. The predicted octanol–water partition coefficient (Wildman–Crippen LogP) is 2.69. The predicted molar refractivity (Wildman–Crippen MR) is 63.7 cm³/mol. The highest BCUT2D eigenvalue weighted by atomic mass is 32.2. The van der Waals surface area contributed by atoms with Crippen LogP contribution in [0, 0.1) is 0 Å². The van der Waals surface area contributed by atoms with Crippen LogP contribution in [0.25, 0.3) is 0 Å². The molecule has 0 amide bonds. The van der Waals surface area contributed by atoms with E-state index in [4.69, 9.17) is 0 Å². The molecule has 0 atom stereocenters. The molecule has 0 saturated heterocycles. The van der Waals surface area contributed by atoms with Gasteiger partial charge in [0.15, 0.2) is 0 Å². The SMILES string of the molecule is O=S(=O)(O)c1cc(O)ccc1C1CCCCC1. The molecule has 94 valence electrons. The highest BCUT2D eigenvalue weighted by molar-refractivity contribution is 7.85. The van der Waals surface area contributed by atoms with Gasteiger partial charge < -0.3 is 5.11 Å². The van der Waals surface area contributed by atoms with Crippen molar-refractivity contribution in [3.63, 3.8) is 0 Å². The van der Waals surface area contributed by atoms with Gasteiger partial charge >= 0.3 is 0 Å². The van der Waals surface area contributed by atoms with Gasteiger partial charge in [-0.2, -0.15) is 8.42 Å². The summed E-state index contributed by atoms with van der Waals surface area (Å²) in [4.78, 5) is -0.149. The van der Waals surface area contributed by atoms with Gasteiger partial charge in [0.05, 0.1) is 0 Å². The van der Waals surface area contributed by atoms with Gasteiger partial charge in [0.2, 0.25) is 0 Å². The summed E-state index contributed by atoms with van der Waals surface area (Å²) >= 11 is 0. The van der Waals surface area contributed by atoms with Crippen LogP contribution in [0.2, 0.25) is 0 Å². The Morgan fingerprint density at radius 1 is 1.12 bits per heavy atom. The van der Waals surface area contributed by atoms with Gasteiger partial charge in [0, 0.05) is 6.07 Å². The van der Waals surface area contributed by atoms with Crippen LogP contribution < -0.4 is 0 Å². The van der Waals surface area contributed by atoms with E-state index < -0.39 is 10.1 Å². The van der Waals surface area contributed by atoms with Crippen molar-refractivity contribution in [1.82, 2.24) is 0 Å². The number of phenols is 1. The van der Waals surface area contributed by atoms with E-state index in [0.29, 0.717) is 5.56 Å². The molecule has 0 spiro atoms. The van der Waals surface area contributed by atoms with E-state index in [-0.39, 0.29) is 16.6 Å². The first-order valence-electron chi connectivity index (χ1n) is 5.79. The fraction of sp³-hybridized carbons (Fsp3) is 0.500. The fourth-order valence-electron chi connectivity index (χ4n) is 2.50. The van der Waals surface area contributed by atoms with Gasteiger partial charge in [-0.1, -0.05) is 25.3 Å². The minimum Gasteiger partial charge on any atom is -0.508 e. The molecule has 1 aromatic carbocycles. The van der Waals surface area contributed by atoms with Crippen LogP contribution in [0.15, 0.2) is 23.1 Å². The molecule has 1 aliphatic rings. The quantitative estimate of drug-likeness (QED) is 0.798. The molecule has 1 fully saturated rings. The van der Waals surface area contributed by atoms with E-state index in [1.165, 1.54) is 12.5 Å². The second kappa shape index (κ2) is 4.66. The minimum absolute atomic E-state index is 0.141. The molecule has 0 bridgehead atoms. The molecule has 0 aliphatic heterocycles. The average Bonchev–Trinajstić information content (AvgIpc) is 2.29. The second-order valence-corrected chi connectivity index (χ2v) is 5.92. The Balaban J connectivity index is 2.45. The number of aromatic hydroxyl groups is 1. The summed E-state index contributed by atoms with van der Waals surface area (Å²) < 4.78 is 31.8. The highest BCUT2D eigenvalue weighted by Gasteiger charge is 2.24. The molecule has 1 aromatic rings. The third kappa shape index (κ3) is 2.79. The summed E-state index contributed by atoms with van der Waals surface area (Å²) in [5.41, 5.74) is 0.630. The molecular formula is C12H16O4S. The molecule has 17 heavy (non-hydrogen) atoms. The van der Waals surface area contributed by atoms with E-state index in [1.807, 2.05) is 0 Å². The number of rotatable bonds is 2. The maximum Gasteiger partial charge on any atom is 0.294 e. The lowest BCUT2D eigenvalue weighted by Crippen LogP contribution is -2.10. The molecule has 0 heterocycles. The van der Waals surface area contributed by atoms with E-state index >= 15 is 0 Å². The summed E-state index contributed by atoms with van der Waals surface area (Å²) in [6.07, 6.45) is 5.21. The second-order valence-electron chi connectivity index (χ2n) is 4.53. The molecule has 0 aromatic heterocycles. The summed E-state index contributed by atoms with van der Waals surface area (Å²) in [6.45, 7) is 0. The van der Waals surface area contributed by atoms with Crippen molar-refractivity contribution in [3.8, 4) is 5.75 Å². The van der Waals surface area contributed by atoms with E-state index in [2.05, 4.69) is 0 Å². The zero-order valence-corrected chi connectivity index (χ0v) is 10.3. The molecule has 1 saturated carbocycles. The minimum atomic E-state index is -4.27. The Morgan fingerprint density at radius 2 is 1.76 bits per heavy atom. The summed E-state index contributed by atoms with van der Waals surface area (Å²) in [7, 11) is -4.27. The van der Waals surface area contributed by atoms with Gasteiger partial charge in [-0.25, -0.2) is 0 Å². The monoisotopic (exact) mass is 256 g/mol. The number of phenolic OH excluding ortho intramolecular Hbond substituents is 1. The topological polar surface area (TPSA) is 74.6 Å². The normalized spacial score (nSPS) is 18.2. The van der Waals surface area contributed by atoms with Crippen LogP contribution in [0.5, 0.6) is 5.75 Å². The number of hydrogen-bond donors (Lipinski definition) is 2. The van der Waals surface area contributed by atoms with Crippen LogP contribution in [-0.4, -0.2) is 18.1 Å². The van der Waals surface area contributed by atoms with Crippen LogP contribution >= 0.6 is 0 Å². The standard InChI is InChI=1S/C12H16O4S/c13-10-6-7-11(9-4-2-1-3-5-9)12(8-10)17(14,15)16/h6-9,13H,1-5H2,(H,14,15,16). The van der Waals surface area contributed by atoms with Crippen LogP contribution in [0.3, 0.4) is 0 Å². The average molecular weight is 256 g/mol. The van der Waals surface area contributed by atoms with Crippen molar-refractivity contribution in [2.45, 2.75) is 42.9 Å². The largest absolute Gasteiger partial charge is 0.508 e. The summed E-state index contributed by atoms with van der Waals surface area (Å²) in [6, 6.07) is 4.20. The molecular weight excluding hydrogens is 240 g/mol. The summed E-state index contributed by atoms with van der Waals surface area (Å²) in [5.74, 6) is 0.0264. The van der Waals surface area contributed by atoms with Crippen molar-refractivity contribution >= 4 is 10.1 Å². The van der Waals surface area contributed by atoms with Gasteiger partial charge in [-0.05, 0) is 30.4 Å². The Hall–Kier alpha value is -1.07. The van der Waals surface area contributed by atoms with Crippen molar-refractivity contribution in [1.29, 1.82) is 0 Å². The van der Waals surface area contributed by atoms with Crippen molar-refractivity contribution in [2.24, 2.45) is 0 Å². The molecule has 2 N–H and O–H groups in total. The van der Waals surface area contributed by atoms with Crippen molar-refractivity contribution < 1.29 is 18.1 Å². The maximum absolute atomic E-state index is 11.3. The van der Waals surface area contributed by atoms with Crippen molar-refractivity contribution in [2.75, 3.05) is 0 Å². The first-order chi connectivity index (χ1) is 7.98. The molecule has 0 unspecified atom stereocenters. The van der Waals surface area contributed by atoms with E-state index in [1.54, 1.807) is 6.07 Å². The van der Waals surface area contributed by atoms with Crippen molar-refractivity contribution in [3.05, 3.63) is 23.8 Å². The molecule has 2 rings (SSSR count). The third-order valence-electron chi connectivity index (χ3n) is 3.32. The zero-order chi connectivity index (χ0) is 12.5. The lowest BCUT2D eigenvalue weighted by atomic mass is 9.84. The number of hydrogen-bond acceptors (Lipinski definition) is 3. The van der Waals surface area contributed by atoms with Crippen LogP contribution in [-0.2, 0) is 10.1 Å². The molecule has 4 nitrogen and oxygen atoms in total.